The Kier molecular flexibility index (Phi) is 3.92. The summed E-state index contributed by atoms with van der Waals surface area (Å²) in [6, 6.07) is 5.99. The lowest BCUT2D eigenvalue weighted by Gasteiger charge is -2.41. The molecule has 1 aromatic carbocycles. The summed E-state index contributed by atoms with van der Waals surface area (Å²) in [7, 11) is 0. The fourth-order valence-electron chi connectivity index (χ4n) is 2.69. The third-order valence-electron chi connectivity index (χ3n) is 3.98. The lowest BCUT2D eigenvalue weighted by molar-refractivity contribution is -0.154. The van der Waals surface area contributed by atoms with Crippen LogP contribution >= 0.6 is 0 Å². The average Bonchev–Trinajstić information content (AvgIpc) is 2.41. The van der Waals surface area contributed by atoms with E-state index in [1.165, 1.54) is 0 Å². The lowest BCUT2D eigenvalue weighted by atomic mass is 9.85. The molecular formula is C15H21NO3. The number of carboxylic acids is 1. The minimum Gasteiger partial charge on any atom is -0.480 e. The van der Waals surface area contributed by atoms with Crippen molar-refractivity contribution >= 4 is 5.97 Å². The van der Waals surface area contributed by atoms with E-state index >= 15 is 0 Å². The second-order valence-electron chi connectivity index (χ2n) is 5.30. The van der Waals surface area contributed by atoms with Crippen LogP contribution < -0.4 is 0 Å². The summed E-state index contributed by atoms with van der Waals surface area (Å²) in [6.07, 6.45) is 0. The summed E-state index contributed by atoms with van der Waals surface area (Å²) in [5.41, 5.74) is 1.99. The van der Waals surface area contributed by atoms with E-state index in [4.69, 9.17) is 4.74 Å². The first-order valence-electron chi connectivity index (χ1n) is 6.60. The number of benzene rings is 1. The number of hydrogen-bond donors (Lipinski definition) is 1. The van der Waals surface area contributed by atoms with E-state index in [0.29, 0.717) is 26.3 Å². The molecule has 0 spiro atoms. The highest BCUT2D eigenvalue weighted by Crippen LogP contribution is 2.32. The highest BCUT2D eigenvalue weighted by molar-refractivity contribution is 5.81. The van der Waals surface area contributed by atoms with E-state index in [-0.39, 0.29) is 0 Å². The third kappa shape index (κ3) is 2.51. The third-order valence-corrected chi connectivity index (χ3v) is 3.98. The Labute approximate surface area is 114 Å². The van der Waals surface area contributed by atoms with Crippen LogP contribution in [0.15, 0.2) is 18.2 Å². The van der Waals surface area contributed by atoms with Gasteiger partial charge in [0.1, 0.15) is 5.54 Å². The molecule has 4 heteroatoms. The van der Waals surface area contributed by atoms with Crippen LogP contribution in [0.2, 0.25) is 0 Å². The van der Waals surface area contributed by atoms with Gasteiger partial charge in [0, 0.05) is 13.1 Å². The maximum atomic E-state index is 11.9. The molecule has 1 unspecified atom stereocenters. The molecular weight excluding hydrogens is 242 g/mol. The fourth-order valence-corrected chi connectivity index (χ4v) is 2.69. The zero-order valence-corrected chi connectivity index (χ0v) is 11.8. The fraction of sp³-hybridized carbons (Fsp3) is 0.533. The number of carbonyl (C=O) groups is 1. The molecule has 0 aliphatic carbocycles. The Bertz CT molecular complexity index is 480. The summed E-state index contributed by atoms with van der Waals surface area (Å²) in [5.74, 6) is -0.803. The molecule has 104 valence electrons. The van der Waals surface area contributed by atoms with Crippen LogP contribution in [0, 0.1) is 13.8 Å². The predicted molar refractivity (Wildman–Crippen MR) is 73.3 cm³/mol. The van der Waals surface area contributed by atoms with Crippen molar-refractivity contribution in [1.82, 2.24) is 4.90 Å². The highest BCUT2D eigenvalue weighted by atomic mass is 16.5. The Morgan fingerprint density at radius 1 is 1.32 bits per heavy atom. The summed E-state index contributed by atoms with van der Waals surface area (Å²) >= 11 is 0. The van der Waals surface area contributed by atoms with Crippen molar-refractivity contribution in [2.75, 3.05) is 26.3 Å². The van der Waals surface area contributed by atoms with Crippen LogP contribution in [0.25, 0.3) is 0 Å². The molecule has 2 rings (SSSR count). The Hall–Kier alpha value is -1.39. The number of hydrogen-bond acceptors (Lipinski definition) is 3. The minimum atomic E-state index is -0.986. The van der Waals surface area contributed by atoms with Crippen LogP contribution in [-0.4, -0.2) is 42.3 Å². The van der Waals surface area contributed by atoms with Gasteiger partial charge in [0.2, 0.25) is 0 Å². The normalized spacial score (nSPS) is 19.9. The monoisotopic (exact) mass is 263 g/mol. The van der Waals surface area contributed by atoms with E-state index in [0.717, 1.165) is 16.7 Å². The number of carboxylic acid groups (broad SMARTS) is 1. The Morgan fingerprint density at radius 2 is 1.95 bits per heavy atom. The Morgan fingerprint density at radius 3 is 2.53 bits per heavy atom. The van der Waals surface area contributed by atoms with Crippen LogP contribution in [0.5, 0.6) is 0 Å². The van der Waals surface area contributed by atoms with E-state index < -0.39 is 11.5 Å². The molecule has 0 saturated carbocycles. The van der Waals surface area contributed by atoms with E-state index in [1.807, 2.05) is 36.9 Å². The van der Waals surface area contributed by atoms with Gasteiger partial charge in [-0.15, -0.1) is 0 Å². The van der Waals surface area contributed by atoms with E-state index in [2.05, 4.69) is 0 Å². The molecule has 4 nitrogen and oxygen atoms in total. The second kappa shape index (κ2) is 5.31. The van der Waals surface area contributed by atoms with Crippen molar-refractivity contribution in [2.24, 2.45) is 0 Å². The zero-order valence-electron chi connectivity index (χ0n) is 11.8. The first kappa shape index (κ1) is 14.0. The van der Waals surface area contributed by atoms with Gasteiger partial charge in [-0.2, -0.15) is 0 Å². The smallest absolute Gasteiger partial charge is 0.328 e. The molecule has 1 aliphatic heterocycles. The number of aryl methyl sites for hydroxylation is 2. The van der Waals surface area contributed by atoms with Gasteiger partial charge in [-0.1, -0.05) is 23.8 Å². The van der Waals surface area contributed by atoms with Gasteiger partial charge in [0.15, 0.2) is 0 Å². The standard InChI is InChI=1S/C15H21NO3/c1-11-4-5-12(2)13(10-11)15(3,14(17)18)16-6-8-19-9-7-16/h4-5,10H,6-9H2,1-3H3,(H,17,18). The first-order chi connectivity index (χ1) is 8.96. The molecule has 1 aromatic rings. The number of rotatable bonds is 3. The molecule has 1 N–H and O–H groups in total. The molecule has 19 heavy (non-hydrogen) atoms. The van der Waals surface area contributed by atoms with Gasteiger partial charge >= 0.3 is 5.97 Å². The van der Waals surface area contributed by atoms with Crippen molar-refractivity contribution in [3.05, 3.63) is 34.9 Å². The number of nitrogens with zero attached hydrogens (tertiary/aromatic N) is 1. The Balaban J connectivity index is 2.48. The maximum absolute atomic E-state index is 11.9. The van der Waals surface area contributed by atoms with E-state index in [9.17, 15) is 9.90 Å². The van der Waals surface area contributed by atoms with Crippen LogP contribution in [-0.2, 0) is 15.1 Å². The number of morpholine rings is 1. The molecule has 0 radical (unpaired) electrons. The number of ether oxygens (including phenoxy) is 1. The molecule has 1 atom stereocenters. The summed E-state index contributed by atoms with van der Waals surface area (Å²) in [5, 5.41) is 9.77. The largest absolute Gasteiger partial charge is 0.480 e. The molecule has 1 fully saturated rings. The van der Waals surface area contributed by atoms with Gasteiger partial charge in [-0.3, -0.25) is 4.90 Å². The highest BCUT2D eigenvalue weighted by Gasteiger charge is 2.42. The van der Waals surface area contributed by atoms with Gasteiger partial charge in [0.05, 0.1) is 13.2 Å². The topological polar surface area (TPSA) is 49.8 Å². The molecule has 1 heterocycles. The SMILES string of the molecule is Cc1ccc(C)c(C(C)(C(=O)O)N2CCOCC2)c1. The maximum Gasteiger partial charge on any atom is 0.328 e. The minimum absolute atomic E-state index is 0.591. The lowest BCUT2D eigenvalue weighted by Crippen LogP contribution is -2.54. The first-order valence-corrected chi connectivity index (χ1v) is 6.60. The van der Waals surface area contributed by atoms with Gasteiger partial charge < -0.3 is 9.84 Å². The van der Waals surface area contributed by atoms with Gasteiger partial charge in [-0.25, -0.2) is 4.79 Å². The quantitative estimate of drug-likeness (QED) is 0.905. The van der Waals surface area contributed by atoms with Crippen LogP contribution in [0.1, 0.15) is 23.6 Å². The van der Waals surface area contributed by atoms with Gasteiger partial charge in [-0.05, 0) is 31.9 Å². The van der Waals surface area contributed by atoms with E-state index in [1.54, 1.807) is 6.92 Å². The van der Waals surface area contributed by atoms with Crippen molar-refractivity contribution in [2.45, 2.75) is 26.3 Å². The summed E-state index contributed by atoms with van der Waals surface area (Å²) in [6.45, 7) is 8.23. The number of aliphatic carboxylic acids is 1. The molecule has 0 amide bonds. The average molecular weight is 263 g/mol. The van der Waals surface area contributed by atoms with Crippen LogP contribution in [0.3, 0.4) is 0 Å². The van der Waals surface area contributed by atoms with Gasteiger partial charge in [0.25, 0.3) is 0 Å². The second-order valence-corrected chi connectivity index (χ2v) is 5.30. The summed E-state index contributed by atoms with van der Waals surface area (Å²) < 4.78 is 5.33. The van der Waals surface area contributed by atoms with Crippen LogP contribution in [0.4, 0.5) is 0 Å². The zero-order chi connectivity index (χ0) is 14.0. The predicted octanol–water partition coefficient (Wildman–Crippen LogP) is 1.94. The van der Waals surface area contributed by atoms with Crippen molar-refractivity contribution in [3.8, 4) is 0 Å². The molecule has 1 saturated heterocycles. The van der Waals surface area contributed by atoms with Crippen molar-refractivity contribution < 1.29 is 14.6 Å². The molecule has 0 aromatic heterocycles. The molecule has 1 aliphatic rings. The molecule has 0 bridgehead atoms. The van der Waals surface area contributed by atoms with Crippen molar-refractivity contribution in [3.63, 3.8) is 0 Å². The van der Waals surface area contributed by atoms with Crippen molar-refractivity contribution in [1.29, 1.82) is 0 Å². The summed E-state index contributed by atoms with van der Waals surface area (Å²) in [4.78, 5) is 13.9.